The fourth-order valence-electron chi connectivity index (χ4n) is 2.83. The van der Waals surface area contributed by atoms with E-state index in [9.17, 15) is 9.59 Å². The Morgan fingerprint density at radius 1 is 1.07 bits per heavy atom. The van der Waals surface area contributed by atoms with E-state index in [0.717, 1.165) is 5.39 Å². The highest BCUT2D eigenvalue weighted by molar-refractivity contribution is 6.01. The maximum absolute atomic E-state index is 12.5. The Labute approximate surface area is 163 Å². The third-order valence-electron chi connectivity index (χ3n) is 4.26. The predicted octanol–water partition coefficient (Wildman–Crippen LogP) is 3.84. The molecule has 3 aromatic rings. The molecule has 0 saturated heterocycles. The van der Waals surface area contributed by atoms with Crippen molar-refractivity contribution in [1.29, 1.82) is 0 Å². The first-order valence-electron chi connectivity index (χ1n) is 9.22. The van der Waals surface area contributed by atoms with E-state index >= 15 is 0 Å². The van der Waals surface area contributed by atoms with Crippen molar-refractivity contribution < 1.29 is 19.1 Å². The van der Waals surface area contributed by atoms with Gasteiger partial charge >= 0.3 is 5.97 Å². The van der Waals surface area contributed by atoms with E-state index in [0.29, 0.717) is 23.6 Å². The SMILES string of the molecule is CCOc1ccc(C(=O)C(C)OC(=O)c2cnc3c(cnn3C(C)C)c2)cc1. The number of Topliss-reactive ketones (excluding diaryl/α,β-unsaturated/α-hetero) is 1. The smallest absolute Gasteiger partial charge is 0.340 e. The Morgan fingerprint density at radius 2 is 1.79 bits per heavy atom. The number of hydrogen-bond donors (Lipinski definition) is 0. The van der Waals surface area contributed by atoms with Gasteiger partial charge < -0.3 is 9.47 Å². The highest BCUT2D eigenvalue weighted by Gasteiger charge is 2.21. The van der Waals surface area contributed by atoms with Crippen LogP contribution in [0.1, 0.15) is 54.5 Å². The van der Waals surface area contributed by atoms with E-state index in [1.165, 1.54) is 6.20 Å². The van der Waals surface area contributed by atoms with Gasteiger partial charge in [0.05, 0.1) is 18.4 Å². The molecule has 1 aromatic carbocycles. The largest absolute Gasteiger partial charge is 0.494 e. The van der Waals surface area contributed by atoms with Crippen molar-refractivity contribution in [3.63, 3.8) is 0 Å². The van der Waals surface area contributed by atoms with Gasteiger partial charge in [-0.3, -0.25) is 4.79 Å². The lowest BCUT2D eigenvalue weighted by Crippen LogP contribution is -2.24. The number of ether oxygens (including phenoxy) is 2. The molecule has 2 aromatic heterocycles. The summed E-state index contributed by atoms with van der Waals surface area (Å²) < 4.78 is 12.5. The van der Waals surface area contributed by atoms with Crippen LogP contribution < -0.4 is 4.74 Å². The molecule has 146 valence electrons. The van der Waals surface area contributed by atoms with E-state index in [4.69, 9.17) is 9.47 Å². The molecule has 0 aliphatic heterocycles. The molecule has 0 spiro atoms. The van der Waals surface area contributed by atoms with Crippen LogP contribution in [0, 0.1) is 0 Å². The first kappa shape index (κ1) is 19.5. The lowest BCUT2D eigenvalue weighted by atomic mass is 10.1. The summed E-state index contributed by atoms with van der Waals surface area (Å²) in [5.41, 5.74) is 1.43. The molecule has 0 saturated carbocycles. The molecule has 0 radical (unpaired) electrons. The Bertz CT molecular complexity index is 993. The maximum atomic E-state index is 12.5. The van der Waals surface area contributed by atoms with Gasteiger partial charge in [-0.2, -0.15) is 5.10 Å². The van der Waals surface area contributed by atoms with Crippen LogP contribution in [0.15, 0.2) is 42.7 Å². The fraction of sp³-hybridized carbons (Fsp3) is 0.333. The molecule has 0 N–H and O–H groups in total. The zero-order chi connectivity index (χ0) is 20.3. The molecule has 0 aliphatic carbocycles. The van der Waals surface area contributed by atoms with Crippen LogP contribution in [0.2, 0.25) is 0 Å². The van der Waals surface area contributed by atoms with Crippen molar-refractivity contribution in [2.24, 2.45) is 0 Å². The third kappa shape index (κ3) is 4.03. The number of pyridine rings is 1. The first-order chi connectivity index (χ1) is 13.4. The lowest BCUT2D eigenvalue weighted by Gasteiger charge is -2.13. The molecule has 1 unspecified atom stereocenters. The molecule has 7 nitrogen and oxygen atoms in total. The molecule has 7 heteroatoms. The summed E-state index contributed by atoms with van der Waals surface area (Å²) in [6.07, 6.45) is 2.19. The predicted molar refractivity (Wildman–Crippen MR) is 105 cm³/mol. The van der Waals surface area contributed by atoms with Crippen LogP contribution in [-0.4, -0.2) is 39.2 Å². The average Bonchev–Trinajstić information content (AvgIpc) is 3.11. The number of rotatable bonds is 7. The van der Waals surface area contributed by atoms with Crippen LogP contribution in [0.5, 0.6) is 5.75 Å². The topological polar surface area (TPSA) is 83.3 Å². The Balaban J connectivity index is 1.71. The third-order valence-corrected chi connectivity index (χ3v) is 4.26. The molecule has 0 aliphatic rings. The number of aromatic nitrogens is 3. The van der Waals surface area contributed by atoms with Gasteiger partial charge in [0.2, 0.25) is 5.78 Å². The van der Waals surface area contributed by atoms with Gasteiger partial charge in [0, 0.05) is 23.2 Å². The first-order valence-corrected chi connectivity index (χ1v) is 9.22. The molecule has 0 bridgehead atoms. The van der Waals surface area contributed by atoms with E-state index in [1.807, 2.05) is 20.8 Å². The Hall–Kier alpha value is -3.22. The molecular formula is C21H23N3O4. The summed E-state index contributed by atoms with van der Waals surface area (Å²) in [5.74, 6) is -0.193. The van der Waals surface area contributed by atoms with Gasteiger partial charge in [-0.15, -0.1) is 0 Å². The van der Waals surface area contributed by atoms with Gasteiger partial charge in [0.15, 0.2) is 11.8 Å². The summed E-state index contributed by atoms with van der Waals surface area (Å²) in [6.45, 7) is 8.00. The molecule has 28 heavy (non-hydrogen) atoms. The molecule has 1 atom stereocenters. The molecule has 0 fully saturated rings. The second-order valence-electron chi connectivity index (χ2n) is 6.69. The van der Waals surface area contributed by atoms with Crippen molar-refractivity contribution >= 4 is 22.8 Å². The molecule has 3 rings (SSSR count). The average molecular weight is 381 g/mol. The van der Waals surface area contributed by atoms with Gasteiger partial charge in [0.25, 0.3) is 0 Å². The minimum Gasteiger partial charge on any atom is -0.494 e. The molecule has 0 amide bonds. The van der Waals surface area contributed by atoms with Crippen molar-refractivity contribution in [2.75, 3.05) is 6.61 Å². The van der Waals surface area contributed by atoms with E-state index in [2.05, 4.69) is 10.1 Å². The van der Waals surface area contributed by atoms with Gasteiger partial charge in [-0.05, 0) is 58.0 Å². The van der Waals surface area contributed by atoms with Crippen molar-refractivity contribution in [1.82, 2.24) is 14.8 Å². The quantitative estimate of drug-likeness (QED) is 0.457. The standard InChI is InChI=1S/C21H23N3O4/c1-5-27-18-8-6-15(7-9-18)19(25)14(4)28-21(26)17-10-16-12-23-24(13(2)3)20(16)22-11-17/h6-14H,5H2,1-4H3. The van der Waals surface area contributed by atoms with Gasteiger partial charge in [-0.25, -0.2) is 14.5 Å². The number of carbonyl (C=O) groups excluding carboxylic acids is 2. The van der Waals surface area contributed by atoms with Crippen LogP contribution in [-0.2, 0) is 4.74 Å². The number of nitrogens with zero attached hydrogens (tertiary/aromatic N) is 3. The fourth-order valence-corrected chi connectivity index (χ4v) is 2.83. The van der Waals surface area contributed by atoms with Crippen molar-refractivity contribution in [2.45, 2.75) is 39.8 Å². The summed E-state index contributed by atoms with van der Waals surface area (Å²) in [6, 6.07) is 8.59. The summed E-state index contributed by atoms with van der Waals surface area (Å²) >= 11 is 0. The summed E-state index contributed by atoms with van der Waals surface area (Å²) in [4.78, 5) is 29.3. The maximum Gasteiger partial charge on any atom is 0.340 e. The minimum atomic E-state index is -0.917. The van der Waals surface area contributed by atoms with Crippen molar-refractivity contribution in [3.8, 4) is 5.75 Å². The number of fused-ring (bicyclic) bond motifs is 1. The number of hydrogen-bond acceptors (Lipinski definition) is 6. The summed E-state index contributed by atoms with van der Waals surface area (Å²) in [5, 5.41) is 5.03. The monoisotopic (exact) mass is 381 g/mol. The van der Waals surface area contributed by atoms with E-state index in [-0.39, 0.29) is 17.4 Å². The highest BCUT2D eigenvalue weighted by Crippen LogP contribution is 2.18. The van der Waals surface area contributed by atoms with Crippen LogP contribution in [0.3, 0.4) is 0 Å². The number of esters is 1. The van der Waals surface area contributed by atoms with Gasteiger partial charge in [0.1, 0.15) is 5.75 Å². The van der Waals surface area contributed by atoms with Crippen LogP contribution >= 0.6 is 0 Å². The van der Waals surface area contributed by atoms with Crippen LogP contribution in [0.25, 0.3) is 11.0 Å². The summed E-state index contributed by atoms with van der Waals surface area (Å²) in [7, 11) is 0. The van der Waals surface area contributed by atoms with Crippen molar-refractivity contribution in [3.05, 3.63) is 53.9 Å². The number of carbonyl (C=O) groups is 2. The zero-order valence-corrected chi connectivity index (χ0v) is 16.4. The van der Waals surface area contributed by atoms with Crippen LogP contribution in [0.4, 0.5) is 0 Å². The Morgan fingerprint density at radius 3 is 2.43 bits per heavy atom. The zero-order valence-electron chi connectivity index (χ0n) is 16.4. The normalized spacial score (nSPS) is 12.2. The minimum absolute atomic E-state index is 0.162. The second-order valence-corrected chi connectivity index (χ2v) is 6.69. The number of benzene rings is 1. The molecular weight excluding hydrogens is 358 g/mol. The highest BCUT2D eigenvalue weighted by atomic mass is 16.5. The molecule has 2 heterocycles. The van der Waals surface area contributed by atoms with E-state index in [1.54, 1.807) is 48.1 Å². The van der Waals surface area contributed by atoms with Gasteiger partial charge in [-0.1, -0.05) is 0 Å². The van der Waals surface area contributed by atoms with E-state index < -0.39 is 12.1 Å². The second kappa shape index (κ2) is 8.21. The number of ketones is 1. The Kier molecular flexibility index (Phi) is 5.73. The lowest BCUT2D eigenvalue weighted by molar-refractivity contribution is 0.0318.